The summed E-state index contributed by atoms with van der Waals surface area (Å²) in [6, 6.07) is -1.27. The molecular weight excluding hydrogens is 329 g/mol. The molecule has 2 heterocycles. The molecule has 0 aromatic carbocycles. The van der Waals surface area contributed by atoms with Crippen molar-refractivity contribution in [3.8, 4) is 0 Å². The molecule has 6 nitrogen and oxygen atoms in total. The fourth-order valence-corrected chi connectivity index (χ4v) is 4.20. The van der Waals surface area contributed by atoms with Gasteiger partial charge in [-0.1, -0.05) is 0 Å². The summed E-state index contributed by atoms with van der Waals surface area (Å²) in [5.41, 5.74) is 0. The number of thiazole rings is 1. The number of nitrogens with zero attached hydrogens (tertiary/aromatic N) is 2. The van der Waals surface area contributed by atoms with Crippen molar-refractivity contribution in [2.45, 2.75) is 30.6 Å². The minimum atomic E-state index is -4.44. The molecule has 0 bridgehead atoms. The maximum absolute atomic E-state index is 12.3. The number of hydrogen-bond acceptors (Lipinski definition) is 5. The van der Waals surface area contributed by atoms with Gasteiger partial charge in [0.05, 0.1) is 6.42 Å². The molecule has 2 aromatic heterocycles. The number of imidazole rings is 1. The molecule has 0 saturated carbocycles. The van der Waals surface area contributed by atoms with E-state index in [-0.39, 0.29) is 10.8 Å². The van der Waals surface area contributed by atoms with E-state index in [4.69, 9.17) is 0 Å². The Balaban J connectivity index is 2.35. The molecule has 0 saturated heterocycles. The van der Waals surface area contributed by atoms with Gasteiger partial charge in [0.2, 0.25) is 0 Å². The second-order valence-electron chi connectivity index (χ2n) is 4.41. The van der Waals surface area contributed by atoms with Crippen molar-refractivity contribution in [2.75, 3.05) is 12.4 Å². The molecule has 1 unspecified atom stereocenters. The molecule has 0 spiro atoms. The third-order valence-electron chi connectivity index (χ3n) is 2.60. The number of alkyl halides is 3. The van der Waals surface area contributed by atoms with Crippen LogP contribution in [0.5, 0.6) is 0 Å². The average Bonchev–Trinajstić information content (AvgIpc) is 2.82. The van der Waals surface area contributed by atoms with E-state index in [1.807, 2.05) is 4.72 Å². The highest BCUT2D eigenvalue weighted by Gasteiger charge is 2.33. The van der Waals surface area contributed by atoms with Crippen LogP contribution in [-0.2, 0) is 10.0 Å². The number of sulfonamides is 1. The van der Waals surface area contributed by atoms with E-state index in [9.17, 15) is 21.6 Å². The highest BCUT2D eigenvalue weighted by molar-refractivity contribution is 7.89. The van der Waals surface area contributed by atoms with Crippen LogP contribution in [0.3, 0.4) is 0 Å². The summed E-state index contributed by atoms with van der Waals surface area (Å²) < 4.78 is 64.9. The van der Waals surface area contributed by atoms with Crippen molar-refractivity contribution < 1.29 is 21.6 Å². The second kappa shape index (κ2) is 5.46. The summed E-state index contributed by atoms with van der Waals surface area (Å²) in [4.78, 5) is 4.50. The van der Waals surface area contributed by atoms with Crippen molar-refractivity contribution in [3.63, 3.8) is 0 Å². The first-order valence-electron chi connectivity index (χ1n) is 5.86. The van der Waals surface area contributed by atoms with E-state index in [2.05, 4.69) is 10.3 Å². The number of aromatic nitrogens is 2. The van der Waals surface area contributed by atoms with Gasteiger partial charge in [0.25, 0.3) is 10.0 Å². The van der Waals surface area contributed by atoms with Gasteiger partial charge in [-0.05, 0) is 6.92 Å². The van der Waals surface area contributed by atoms with E-state index in [0.717, 1.165) is 6.92 Å². The molecule has 2 aromatic rings. The Hall–Kier alpha value is -1.33. The molecule has 21 heavy (non-hydrogen) atoms. The predicted molar refractivity (Wildman–Crippen MR) is 73.1 cm³/mol. The molecule has 1 atom stereocenters. The largest absolute Gasteiger partial charge is 0.390 e. The highest BCUT2D eigenvalue weighted by atomic mass is 32.2. The lowest BCUT2D eigenvalue weighted by atomic mass is 10.2. The average molecular weight is 342 g/mol. The maximum Gasteiger partial charge on any atom is 0.390 e. The Morgan fingerprint density at radius 3 is 2.71 bits per heavy atom. The van der Waals surface area contributed by atoms with Gasteiger partial charge in [0.15, 0.2) is 15.8 Å². The Kier molecular flexibility index (Phi) is 4.17. The first-order valence-corrected chi connectivity index (χ1v) is 8.22. The van der Waals surface area contributed by atoms with Crippen molar-refractivity contribution in [2.24, 2.45) is 0 Å². The zero-order valence-corrected chi connectivity index (χ0v) is 12.7. The second-order valence-corrected chi connectivity index (χ2v) is 6.92. The number of halogens is 3. The van der Waals surface area contributed by atoms with Gasteiger partial charge in [-0.25, -0.2) is 18.1 Å². The molecule has 0 radical (unpaired) electrons. The smallest absolute Gasteiger partial charge is 0.371 e. The summed E-state index contributed by atoms with van der Waals surface area (Å²) in [6.45, 7) is 1.16. The standard InChI is InChI=1S/C10H13F3N4O2S2/c1-6(5-10(11,12)13)16-21(18,19)8-7(14-2)15-9-17(8)3-4-20-9/h3-4,6,14,16H,5H2,1-2H3. The topological polar surface area (TPSA) is 75.5 Å². The normalized spacial score (nSPS) is 14.5. The first-order chi connectivity index (χ1) is 9.64. The van der Waals surface area contributed by atoms with E-state index in [1.165, 1.54) is 29.0 Å². The van der Waals surface area contributed by atoms with Gasteiger partial charge < -0.3 is 5.32 Å². The molecule has 2 rings (SSSR count). The van der Waals surface area contributed by atoms with Crippen LogP contribution < -0.4 is 10.0 Å². The fraction of sp³-hybridized carbons (Fsp3) is 0.500. The highest BCUT2D eigenvalue weighted by Crippen LogP contribution is 2.27. The van der Waals surface area contributed by atoms with Gasteiger partial charge >= 0.3 is 6.18 Å². The predicted octanol–water partition coefficient (Wildman–Crippen LogP) is 2.06. The van der Waals surface area contributed by atoms with Gasteiger partial charge in [0.1, 0.15) is 0 Å². The first kappa shape index (κ1) is 16.0. The van der Waals surface area contributed by atoms with Crippen LogP contribution in [0.4, 0.5) is 19.0 Å². The van der Waals surface area contributed by atoms with Crippen LogP contribution in [-0.4, -0.2) is 37.1 Å². The van der Waals surface area contributed by atoms with E-state index >= 15 is 0 Å². The lowest BCUT2D eigenvalue weighted by Crippen LogP contribution is -2.36. The summed E-state index contributed by atoms with van der Waals surface area (Å²) in [5, 5.41) is 4.07. The summed E-state index contributed by atoms with van der Waals surface area (Å²) >= 11 is 1.22. The van der Waals surface area contributed by atoms with Crippen LogP contribution in [0.15, 0.2) is 16.6 Å². The van der Waals surface area contributed by atoms with Crippen LogP contribution in [0, 0.1) is 0 Å². The fourth-order valence-electron chi connectivity index (χ4n) is 1.89. The third kappa shape index (κ3) is 3.47. The van der Waals surface area contributed by atoms with Crippen LogP contribution in [0.1, 0.15) is 13.3 Å². The molecule has 0 aliphatic carbocycles. The van der Waals surface area contributed by atoms with E-state index in [0.29, 0.717) is 4.96 Å². The minimum absolute atomic E-state index is 0.0913. The van der Waals surface area contributed by atoms with E-state index < -0.39 is 28.7 Å². The molecule has 0 aliphatic heterocycles. The van der Waals surface area contributed by atoms with Gasteiger partial charge in [-0.15, -0.1) is 11.3 Å². The van der Waals surface area contributed by atoms with Gasteiger partial charge in [-0.3, -0.25) is 4.40 Å². The van der Waals surface area contributed by atoms with E-state index in [1.54, 1.807) is 5.38 Å². The summed E-state index contributed by atoms with van der Waals surface area (Å²) in [7, 11) is -2.64. The van der Waals surface area contributed by atoms with Crippen molar-refractivity contribution >= 4 is 32.1 Å². The monoisotopic (exact) mass is 342 g/mol. The number of nitrogens with one attached hydrogen (secondary N) is 2. The Bertz CT molecular complexity index is 735. The Morgan fingerprint density at radius 2 is 2.14 bits per heavy atom. The summed E-state index contributed by atoms with van der Waals surface area (Å²) in [6.07, 6.45) is -4.19. The van der Waals surface area contributed by atoms with Crippen molar-refractivity contribution in [1.82, 2.24) is 14.1 Å². The third-order valence-corrected chi connectivity index (χ3v) is 4.97. The molecule has 0 fully saturated rings. The maximum atomic E-state index is 12.3. The zero-order chi connectivity index (χ0) is 15.8. The van der Waals surface area contributed by atoms with Gasteiger partial charge in [-0.2, -0.15) is 13.2 Å². The summed E-state index contributed by atoms with van der Waals surface area (Å²) in [5.74, 6) is 0.0913. The van der Waals surface area contributed by atoms with Crippen LogP contribution in [0.2, 0.25) is 0 Å². The zero-order valence-electron chi connectivity index (χ0n) is 11.1. The molecule has 2 N–H and O–H groups in total. The molecule has 118 valence electrons. The number of hydrogen-bond donors (Lipinski definition) is 2. The quantitative estimate of drug-likeness (QED) is 0.872. The molecular formula is C10H13F3N4O2S2. The lowest BCUT2D eigenvalue weighted by molar-refractivity contribution is -0.137. The van der Waals surface area contributed by atoms with Crippen molar-refractivity contribution in [3.05, 3.63) is 11.6 Å². The van der Waals surface area contributed by atoms with Crippen LogP contribution in [0.25, 0.3) is 4.96 Å². The Labute approximate surface area is 123 Å². The van der Waals surface area contributed by atoms with Crippen LogP contribution >= 0.6 is 11.3 Å². The van der Waals surface area contributed by atoms with Crippen molar-refractivity contribution in [1.29, 1.82) is 0 Å². The molecule has 11 heteroatoms. The Morgan fingerprint density at radius 1 is 1.48 bits per heavy atom. The molecule has 0 aliphatic rings. The van der Waals surface area contributed by atoms with Gasteiger partial charge in [0, 0.05) is 24.7 Å². The number of rotatable bonds is 5. The number of fused-ring (bicyclic) bond motifs is 1. The lowest BCUT2D eigenvalue weighted by Gasteiger charge is -2.16. The molecule has 0 amide bonds. The number of anilines is 1. The SMILES string of the molecule is CNc1nc2sccn2c1S(=O)(=O)NC(C)CC(F)(F)F. The minimum Gasteiger partial charge on any atom is -0.371 e.